The van der Waals surface area contributed by atoms with Gasteiger partial charge in [0.1, 0.15) is 11.5 Å². The minimum absolute atomic E-state index is 0.0674. The first-order chi connectivity index (χ1) is 11.8. The van der Waals surface area contributed by atoms with E-state index in [1.165, 1.54) is 10.9 Å². The van der Waals surface area contributed by atoms with Crippen LogP contribution in [0.2, 0.25) is 0 Å². The lowest BCUT2D eigenvalue weighted by atomic mass is 10.1. The lowest BCUT2D eigenvalue weighted by molar-refractivity contribution is 0.241. The van der Waals surface area contributed by atoms with E-state index in [0.717, 1.165) is 61.6 Å². The fraction of sp³-hybridized carbons (Fsp3) is 0.389. The van der Waals surface area contributed by atoms with E-state index < -0.39 is 0 Å². The summed E-state index contributed by atoms with van der Waals surface area (Å²) in [6, 6.07) is 4.06. The first kappa shape index (κ1) is 13.9. The number of aromatic amines is 2. The van der Waals surface area contributed by atoms with Crippen molar-refractivity contribution in [2.24, 2.45) is 0 Å². The molecule has 5 rings (SSSR count). The molecule has 3 aromatic heterocycles. The van der Waals surface area contributed by atoms with Gasteiger partial charge in [-0.3, -0.25) is 9.69 Å². The Balaban J connectivity index is 1.43. The number of nitrogens with one attached hydrogen (secondary N) is 2. The van der Waals surface area contributed by atoms with Crippen molar-refractivity contribution in [1.29, 1.82) is 0 Å². The van der Waals surface area contributed by atoms with E-state index >= 15 is 0 Å². The van der Waals surface area contributed by atoms with Gasteiger partial charge in [-0.2, -0.15) is 0 Å². The zero-order chi connectivity index (χ0) is 16.1. The van der Waals surface area contributed by atoms with Crippen LogP contribution in [0.4, 0.5) is 0 Å². The lowest BCUT2D eigenvalue weighted by Gasteiger charge is -2.27. The van der Waals surface area contributed by atoms with Crippen molar-refractivity contribution in [3.63, 3.8) is 0 Å². The van der Waals surface area contributed by atoms with Crippen LogP contribution in [-0.4, -0.2) is 31.4 Å². The Morgan fingerprint density at radius 3 is 3.12 bits per heavy atom. The third-order valence-electron chi connectivity index (χ3n) is 5.07. The zero-order valence-corrected chi connectivity index (χ0v) is 13.4. The molecule has 24 heavy (non-hydrogen) atoms. The number of hydrogen-bond donors (Lipinski definition) is 2. The number of rotatable bonds is 3. The monoisotopic (exact) mass is 321 g/mol. The van der Waals surface area contributed by atoms with E-state index in [0.29, 0.717) is 5.92 Å². The van der Waals surface area contributed by atoms with E-state index in [1.54, 1.807) is 6.20 Å². The van der Waals surface area contributed by atoms with Crippen molar-refractivity contribution in [3.8, 4) is 0 Å². The van der Waals surface area contributed by atoms with E-state index in [4.69, 9.17) is 4.98 Å². The third-order valence-corrected chi connectivity index (χ3v) is 5.07. The Labute approximate surface area is 139 Å². The van der Waals surface area contributed by atoms with Crippen LogP contribution in [-0.2, 0) is 19.5 Å². The van der Waals surface area contributed by atoms with Crippen molar-refractivity contribution in [1.82, 2.24) is 24.8 Å². The molecule has 1 fully saturated rings. The second kappa shape index (κ2) is 5.27. The van der Waals surface area contributed by atoms with E-state index in [-0.39, 0.29) is 5.56 Å². The number of pyridine rings is 1. The van der Waals surface area contributed by atoms with Gasteiger partial charge in [-0.15, -0.1) is 0 Å². The zero-order valence-electron chi connectivity index (χ0n) is 13.4. The van der Waals surface area contributed by atoms with E-state index in [2.05, 4.69) is 25.9 Å². The highest BCUT2D eigenvalue weighted by molar-refractivity contribution is 5.79. The standard InChI is InChI=1S/C18H19N5O/c24-18-14-5-7-23(10-15(14)21-16(22-18)11-3-4-11)9-12-8-20-17-13(12)2-1-6-19-17/h1-2,6,8,11H,3-5,7,9-10H2,(H,19,20)(H,21,22,24). The summed E-state index contributed by atoms with van der Waals surface area (Å²) >= 11 is 0. The van der Waals surface area contributed by atoms with Gasteiger partial charge in [0.15, 0.2) is 0 Å². The molecule has 0 radical (unpaired) electrons. The predicted octanol–water partition coefficient (Wildman–Crippen LogP) is 2.08. The summed E-state index contributed by atoms with van der Waals surface area (Å²) in [5.74, 6) is 1.36. The highest BCUT2D eigenvalue weighted by atomic mass is 16.1. The number of hydrogen-bond acceptors (Lipinski definition) is 4. The van der Waals surface area contributed by atoms with Gasteiger partial charge in [0, 0.05) is 48.9 Å². The van der Waals surface area contributed by atoms with Gasteiger partial charge >= 0.3 is 0 Å². The molecule has 1 aliphatic heterocycles. The SMILES string of the molecule is O=c1[nH]c(C2CC2)nc2c1CCN(Cc1c[nH]c3ncccc13)C2. The first-order valence-electron chi connectivity index (χ1n) is 8.53. The summed E-state index contributed by atoms with van der Waals surface area (Å²) in [7, 11) is 0. The summed E-state index contributed by atoms with van der Waals surface area (Å²) in [4.78, 5) is 30.0. The molecule has 0 atom stereocenters. The molecule has 3 aromatic rings. The molecule has 2 aliphatic rings. The average Bonchev–Trinajstić information content (AvgIpc) is 3.37. The van der Waals surface area contributed by atoms with Gasteiger partial charge < -0.3 is 9.97 Å². The second-order valence-corrected chi connectivity index (χ2v) is 6.82. The number of aromatic nitrogens is 4. The van der Waals surface area contributed by atoms with Crippen molar-refractivity contribution in [3.05, 3.63) is 57.5 Å². The molecular weight excluding hydrogens is 302 g/mol. The molecule has 0 bridgehead atoms. The molecular formula is C18H19N5O. The summed E-state index contributed by atoms with van der Waals surface area (Å²) in [5, 5.41) is 1.17. The van der Waals surface area contributed by atoms with Gasteiger partial charge in [0.25, 0.3) is 5.56 Å². The summed E-state index contributed by atoms with van der Waals surface area (Å²) in [6.07, 6.45) is 6.90. The van der Waals surface area contributed by atoms with E-state index in [1.807, 2.05) is 12.3 Å². The molecule has 0 unspecified atom stereocenters. The number of nitrogens with zero attached hydrogens (tertiary/aromatic N) is 3. The third kappa shape index (κ3) is 2.34. The van der Waals surface area contributed by atoms with Crippen molar-refractivity contribution in [2.75, 3.05) is 6.54 Å². The molecule has 0 saturated heterocycles. The van der Waals surface area contributed by atoms with Gasteiger partial charge in [0.05, 0.1) is 5.69 Å². The average molecular weight is 321 g/mol. The van der Waals surface area contributed by atoms with Crippen LogP contribution >= 0.6 is 0 Å². The molecule has 0 aromatic carbocycles. The largest absolute Gasteiger partial charge is 0.346 e. The smallest absolute Gasteiger partial charge is 0.254 e. The van der Waals surface area contributed by atoms with Crippen LogP contribution in [0.1, 0.15) is 41.4 Å². The Morgan fingerprint density at radius 1 is 1.33 bits per heavy atom. The molecule has 0 spiro atoms. The Hall–Kier alpha value is -2.47. The maximum Gasteiger partial charge on any atom is 0.254 e. The number of H-pyrrole nitrogens is 2. The van der Waals surface area contributed by atoms with Crippen LogP contribution in [0.5, 0.6) is 0 Å². The maximum absolute atomic E-state index is 12.3. The molecule has 1 saturated carbocycles. The van der Waals surface area contributed by atoms with Gasteiger partial charge in [-0.25, -0.2) is 9.97 Å². The lowest BCUT2D eigenvalue weighted by Crippen LogP contribution is -2.35. The second-order valence-electron chi connectivity index (χ2n) is 6.82. The molecule has 6 nitrogen and oxygen atoms in total. The van der Waals surface area contributed by atoms with Crippen LogP contribution < -0.4 is 5.56 Å². The summed E-state index contributed by atoms with van der Waals surface area (Å²) in [5.41, 5.74) is 4.07. The first-order valence-corrected chi connectivity index (χ1v) is 8.53. The Bertz CT molecular complexity index is 969. The fourth-order valence-electron chi connectivity index (χ4n) is 3.58. The van der Waals surface area contributed by atoms with Crippen LogP contribution in [0.25, 0.3) is 11.0 Å². The molecule has 0 amide bonds. The van der Waals surface area contributed by atoms with Crippen molar-refractivity contribution >= 4 is 11.0 Å². The Morgan fingerprint density at radius 2 is 2.25 bits per heavy atom. The van der Waals surface area contributed by atoms with Gasteiger partial charge in [0.2, 0.25) is 0 Å². The topological polar surface area (TPSA) is 77.7 Å². The van der Waals surface area contributed by atoms with Gasteiger partial charge in [-0.05, 0) is 37.0 Å². The van der Waals surface area contributed by atoms with Crippen LogP contribution in [0.3, 0.4) is 0 Å². The molecule has 6 heteroatoms. The highest BCUT2D eigenvalue weighted by Gasteiger charge is 2.29. The fourth-order valence-corrected chi connectivity index (χ4v) is 3.58. The number of fused-ring (bicyclic) bond motifs is 2. The van der Waals surface area contributed by atoms with Crippen molar-refractivity contribution < 1.29 is 0 Å². The minimum Gasteiger partial charge on any atom is -0.346 e. The maximum atomic E-state index is 12.3. The van der Waals surface area contributed by atoms with Gasteiger partial charge in [-0.1, -0.05) is 0 Å². The normalized spacial score (nSPS) is 18.0. The summed E-state index contributed by atoms with van der Waals surface area (Å²) in [6.45, 7) is 2.47. The molecule has 1 aliphatic carbocycles. The molecule has 122 valence electrons. The Kier molecular flexibility index (Phi) is 3.06. The molecule has 2 N–H and O–H groups in total. The quantitative estimate of drug-likeness (QED) is 0.774. The minimum atomic E-state index is 0.0674. The predicted molar refractivity (Wildman–Crippen MR) is 90.7 cm³/mol. The van der Waals surface area contributed by atoms with Crippen LogP contribution in [0.15, 0.2) is 29.3 Å². The van der Waals surface area contributed by atoms with E-state index in [9.17, 15) is 4.79 Å². The molecule has 4 heterocycles. The van der Waals surface area contributed by atoms with Crippen molar-refractivity contribution in [2.45, 2.75) is 38.3 Å². The van der Waals surface area contributed by atoms with Crippen LogP contribution in [0, 0.1) is 0 Å². The summed E-state index contributed by atoms with van der Waals surface area (Å²) < 4.78 is 0. The highest BCUT2D eigenvalue weighted by Crippen LogP contribution is 2.37.